The monoisotopic (exact) mass is 307 g/mol. The zero-order valence-electron chi connectivity index (χ0n) is 7.58. The molecule has 0 aromatic heterocycles. The number of anilines is 1. The van der Waals surface area contributed by atoms with E-state index in [0.717, 1.165) is 3.57 Å². The van der Waals surface area contributed by atoms with Crippen LogP contribution >= 0.6 is 22.6 Å². The molecule has 0 saturated heterocycles. The Balaban J connectivity index is 3.20. The second-order valence-corrected chi connectivity index (χ2v) is 3.69. The van der Waals surface area contributed by atoms with Gasteiger partial charge in [-0.25, -0.2) is 4.79 Å². The van der Waals surface area contributed by atoms with E-state index < -0.39 is 5.97 Å². The Morgan fingerprint density at radius 3 is 2.79 bits per heavy atom. The molecule has 0 fully saturated rings. The Hall–Kier alpha value is -0.980. The molecule has 0 radical (unpaired) electrons. The SMILES string of the molecule is CCOc1cc(C(=O)O)cc(N)c1I. The van der Waals surface area contributed by atoms with Crippen molar-refractivity contribution in [3.8, 4) is 5.75 Å². The van der Waals surface area contributed by atoms with E-state index in [4.69, 9.17) is 15.6 Å². The highest BCUT2D eigenvalue weighted by Crippen LogP contribution is 2.28. The number of nitrogen functional groups attached to an aromatic ring is 1. The van der Waals surface area contributed by atoms with Crippen molar-refractivity contribution in [1.82, 2.24) is 0 Å². The minimum Gasteiger partial charge on any atom is -0.493 e. The summed E-state index contributed by atoms with van der Waals surface area (Å²) in [4.78, 5) is 10.7. The second-order valence-electron chi connectivity index (χ2n) is 2.62. The molecule has 3 N–H and O–H groups in total. The second kappa shape index (κ2) is 4.50. The number of ether oxygens (including phenoxy) is 1. The van der Waals surface area contributed by atoms with Crippen molar-refractivity contribution in [2.24, 2.45) is 0 Å². The molecule has 76 valence electrons. The van der Waals surface area contributed by atoms with Gasteiger partial charge in [0.15, 0.2) is 0 Å². The number of hydrogen-bond donors (Lipinski definition) is 2. The third-order valence-electron chi connectivity index (χ3n) is 1.61. The number of carboxylic acid groups (broad SMARTS) is 1. The molecule has 0 aliphatic carbocycles. The van der Waals surface area contributed by atoms with Crippen LogP contribution < -0.4 is 10.5 Å². The van der Waals surface area contributed by atoms with Crippen molar-refractivity contribution in [2.45, 2.75) is 6.92 Å². The molecule has 0 spiro atoms. The first-order valence-corrected chi connectivity index (χ1v) is 5.09. The van der Waals surface area contributed by atoms with Crippen molar-refractivity contribution >= 4 is 34.2 Å². The van der Waals surface area contributed by atoms with Crippen LogP contribution in [0.3, 0.4) is 0 Å². The van der Waals surface area contributed by atoms with Crippen molar-refractivity contribution in [3.05, 3.63) is 21.3 Å². The van der Waals surface area contributed by atoms with Gasteiger partial charge in [-0.1, -0.05) is 0 Å². The summed E-state index contributed by atoms with van der Waals surface area (Å²) in [5.41, 5.74) is 6.21. The molecule has 4 nitrogen and oxygen atoms in total. The fourth-order valence-electron chi connectivity index (χ4n) is 1.00. The van der Waals surface area contributed by atoms with Crippen LogP contribution in [0, 0.1) is 3.57 Å². The number of hydrogen-bond acceptors (Lipinski definition) is 3. The number of halogens is 1. The maximum absolute atomic E-state index is 10.7. The molecule has 0 aliphatic rings. The number of aromatic carboxylic acids is 1. The summed E-state index contributed by atoms with van der Waals surface area (Å²) in [5.74, 6) is -0.487. The Morgan fingerprint density at radius 1 is 1.64 bits per heavy atom. The van der Waals surface area contributed by atoms with Gasteiger partial charge in [-0.3, -0.25) is 0 Å². The molecule has 1 rings (SSSR count). The highest BCUT2D eigenvalue weighted by atomic mass is 127. The van der Waals surface area contributed by atoms with Crippen LogP contribution in [-0.4, -0.2) is 17.7 Å². The number of benzene rings is 1. The van der Waals surface area contributed by atoms with Crippen LogP contribution in [0.25, 0.3) is 0 Å². The summed E-state index contributed by atoms with van der Waals surface area (Å²) >= 11 is 2.03. The van der Waals surface area contributed by atoms with Gasteiger partial charge in [0, 0.05) is 5.69 Å². The third-order valence-corrected chi connectivity index (χ3v) is 2.77. The third kappa shape index (κ3) is 2.28. The van der Waals surface area contributed by atoms with E-state index in [-0.39, 0.29) is 5.56 Å². The van der Waals surface area contributed by atoms with Crippen LogP contribution in [0.1, 0.15) is 17.3 Å². The zero-order valence-corrected chi connectivity index (χ0v) is 9.74. The van der Waals surface area contributed by atoms with E-state index in [1.807, 2.05) is 29.5 Å². The summed E-state index contributed by atoms with van der Waals surface area (Å²) in [5, 5.41) is 8.78. The predicted octanol–water partition coefficient (Wildman–Crippen LogP) is 1.97. The van der Waals surface area contributed by atoms with Gasteiger partial charge < -0.3 is 15.6 Å². The minimum absolute atomic E-state index is 0.145. The van der Waals surface area contributed by atoms with Crippen molar-refractivity contribution in [2.75, 3.05) is 12.3 Å². The quantitative estimate of drug-likeness (QED) is 0.661. The van der Waals surface area contributed by atoms with Crippen molar-refractivity contribution in [3.63, 3.8) is 0 Å². The van der Waals surface area contributed by atoms with Crippen LogP contribution in [0.2, 0.25) is 0 Å². The lowest BCUT2D eigenvalue weighted by Gasteiger charge is -2.09. The molecular formula is C9H10INO3. The molecule has 1 aromatic rings. The van der Waals surface area contributed by atoms with Gasteiger partial charge >= 0.3 is 5.97 Å². The summed E-state index contributed by atoms with van der Waals surface area (Å²) in [6.45, 7) is 2.32. The van der Waals surface area contributed by atoms with E-state index in [1.165, 1.54) is 12.1 Å². The van der Waals surface area contributed by atoms with Gasteiger partial charge in [0.05, 0.1) is 15.7 Å². The Labute approximate surface area is 95.2 Å². The number of carboxylic acids is 1. The van der Waals surface area contributed by atoms with Crippen molar-refractivity contribution < 1.29 is 14.6 Å². The normalized spacial score (nSPS) is 9.86. The number of rotatable bonds is 3. The van der Waals surface area contributed by atoms with E-state index >= 15 is 0 Å². The smallest absolute Gasteiger partial charge is 0.335 e. The van der Waals surface area contributed by atoms with Gasteiger partial charge in [0.1, 0.15) is 5.75 Å². The number of carbonyl (C=O) groups is 1. The first-order chi connectivity index (χ1) is 6.56. The molecule has 0 atom stereocenters. The maximum Gasteiger partial charge on any atom is 0.335 e. The minimum atomic E-state index is -1.01. The summed E-state index contributed by atoms with van der Waals surface area (Å²) in [6, 6.07) is 2.90. The zero-order chi connectivity index (χ0) is 10.7. The van der Waals surface area contributed by atoms with Crippen LogP contribution in [0.15, 0.2) is 12.1 Å². The van der Waals surface area contributed by atoms with E-state index in [1.54, 1.807) is 0 Å². The van der Waals surface area contributed by atoms with Gasteiger partial charge in [-0.2, -0.15) is 0 Å². The molecule has 0 aliphatic heterocycles. The molecule has 5 heteroatoms. The number of nitrogens with two attached hydrogens (primary N) is 1. The van der Waals surface area contributed by atoms with E-state index in [0.29, 0.717) is 18.0 Å². The Morgan fingerprint density at radius 2 is 2.29 bits per heavy atom. The van der Waals surface area contributed by atoms with E-state index in [9.17, 15) is 4.79 Å². The van der Waals surface area contributed by atoms with Gasteiger partial charge in [-0.05, 0) is 41.6 Å². The topological polar surface area (TPSA) is 72.5 Å². The standard InChI is InChI=1S/C9H10INO3/c1-2-14-7-4-5(9(12)13)3-6(11)8(7)10/h3-4H,2,11H2,1H3,(H,12,13). The molecule has 1 aromatic carbocycles. The first-order valence-electron chi connectivity index (χ1n) is 4.01. The molecule has 0 bridgehead atoms. The molecule has 0 amide bonds. The Bertz CT molecular complexity index is 365. The van der Waals surface area contributed by atoms with Crippen LogP contribution in [0.5, 0.6) is 5.75 Å². The summed E-state index contributed by atoms with van der Waals surface area (Å²) < 4.78 is 6.00. The molecule has 0 heterocycles. The highest BCUT2D eigenvalue weighted by molar-refractivity contribution is 14.1. The fourth-order valence-corrected chi connectivity index (χ4v) is 1.47. The summed E-state index contributed by atoms with van der Waals surface area (Å²) in [6.07, 6.45) is 0. The Kier molecular flexibility index (Phi) is 3.56. The molecule has 0 saturated carbocycles. The first kappa shape index (κ1) is 11.1. The largest absolute Gasteiger partial charge is 0.493 e. The highest BCUT2D eigenvalue weighted by Gasteiger charge is 2.11. The van der Waals surface area contributed by atoms with E-state index in [2.05, 4.69) is 0 Å². The summed E-state index contributed by atoms with van der Waals surface area (Å²) in [7, 11) is 0. The average Bonchev–Trinajstić information content (AvgIpc) is 2.12. The fraction of sp³-hybridized carbons (Fsp3) is 0.222. The van der Waals surface area contributed by atoms with Gasteiger partial charge in [-0.15, -0.1) is 0 Å². The molecular weight excluding hydrogens is 297 g/mol. The molecule has 0 unspecified atom stereocenters. The van der Waals surface area contributed by atoms with Crippen LogP contribution in [0.4, 0.5) is 5.69 Å². The van der Waals surface area contributed by atoms with Crippen LogP contribution in [-0.2, 0) is 0 Å². The lowest BCUT2D eigenvalue weighted by molar-refractivity contribution is 0.0696. The average molecular weight is 307 g/mol. The van der Waals surface area contributed by atoms with Gasteiger partial charge in [0.2, 0.25) is 0 Å². The maximum atomic E-state index is 10.7. The lowest BCUT2D eigenvalue weighted by atomic mass is 10.2. The lowest BCUT2D eigenvalue weighted by Crippen LogP contribution is -2.03. The molecule has 14 heavy (non-hydrogen) atoms. The van der Waals surface area contributed by atoms with Crippen molar-refractivity contribution in [1.29, 1.82) is 0 Å². The van der Waals surface area contributed by atoms with Gasteiger partial charge in [0.25, 0.3) is 0 Å². The predicted molar refractivity (Wildman–Crippen MR) is 61.7 cm³/mol.